The highest BCUT2D eigenvalue weighted by molar-refractivity contribution is 8.00. The van der Waals surface area contributed by atoms with Crippen LogP contribution < -0.4 is 10.6 Å². The Balaban J connectivity index is 1.54. The molecule has 0 bridgehead atoms. The highest BCUT2D eigenvalue weighted by Crippen LogP contribution is 2.24. The van der Waals surface area contributed by atoms with Gasteiger partial charge in [-0.15, -0.1) is 11.8 Å². The van der Waals surface area contributed by atoms with Crippen LogP contribution in [-0.2, 0) is 14.3 Å². The molecule has 0 spiro atoms. The molecule has 3 aromatic rings. The minimum absolute atomic E-state index is 0.0348. The number of ether oxygens (including phenoxy) is 1. The van der Waals surface area contributed by atoms with E-state index in [4.69, 9.17) is 14.5 Å². The minimum atomic E-state index is -0.693. The summed E-state index contributed by atoms with van der Waals surface area (Å²) in [4.78, 5) is 37.2. The molecule has 1 heterocycles. The maximum Gasteiger partial charge on any atom is 0.339 e. The third-order valence-corrected chi connectivity index (χ3v) is 5.04. The van der Waals surface area contributed by atoms with E-state index >= 15 is 0 Å². The molecule has 1 aromatic heterocycles. The SMILES string of the molecule is Cc1cc(NC(=O)COC(=O)c2ccccc2SCC(=O)Nc2cccc(C#N)c2)no1. The number of rotatable bonds is 8. The molecule has 32 heavy (non-hydrogen) atoms. The van der Waals surface area contributed by atoms with Gasteiger partial charge in [-0.1, -0.05) is 23.4 Å². The average molecular weight is 450 g/mol. The number of hydrogen-bond acceptors (Lipinski definition) is 8. The number of nitriles is 1. The van der Waals surface area contributed by atoms with Gasteiger partial charge >= 0.3 is 5.97 Å². The van der Waals surface area contributed by atoms with E-state index in [-0.39, 0.29) is 23.0 Å². The van der Waals surface area contributed by atoms with Gasteiger partial charge in [0.25, 0.3) is 5.91 Å². The Labute approximate surface area is 187 Å². The van der Waals surface area contributed by atoms with Gasteiger partial charge in [-0.05, 0) is 37.3 Å². The summed E-state index contributed by atoms with van der Waals surface area (Å²) in [5, 5.41) is 17.7. The molecule has 0 unspecified atom stereocenters. The van der Waals surface area contributed by atoms with Gasteiger partial charge < -0.3 is 19.9 Å². The number of hydrogen-bond donors (Lipinski definition) is 2. The van der Waals surface area contributed by atoms with Crippen molar-refractivity contribution in [1.29, 1.82) is 5.26 Å². The summed E-state index contributed by atoms with van der Waals surface area (Å²) in [6.07, 6.45) is 0. The van der Waals surface area contributed by atoms with Crippen molar-refractivity contribution in [3.8, 4) is 6.07 Å². The van der Waals surface area contributed by atoms with Crippen molar-refractivity contribution in [3.63, 3.8) is 0 Å². The Morgan fingerprint density at radius 2 is 1.91 bits per heavy atom. The van der Waals surface area contributed by atoms with Gasteiger partial charge in [-0.2, -0.15) is 5.26 Å². The van der Waals surface area contributed by atoms with E-state index in [1.807, 2.05) is 6.07 Å². The summed E-state index contributed by atoms with van der Waals surface area (Å²) in [5.74, 6) is -0.753. The predicted octanol–water partition coefficient (Wildman–Crippen LogP) is 3.38. The van der Waals surface area contributed by atoms with Crippen LogP contribution in [0.4, 0.5) is 11.5 Å². The standard InChI is InChI=1S/C22H18N4O5S/c1-14-9-19(26-31-14)25-20(27)12-30-22(29)17-7-2-3-8-18(17)32-13-21(28)24-16-6-4-5-15(10-16)11-23/h2-10H,12-13H2,1H3,(H,24,28)(H,25,26,27). The first kappa shape index (κ1) is 22.6. The molecule has 0 saturated carbocycles. The summed E-state index contributed by atoms with van der Waals surface area (Å²) in [6.45, 7) is 1.18. The summed E-state index contributed by atoms with van der Waals surface area (Å²) < 4.78 is 9.93. The van der Waals surface area contributed by atoms with Gasteiger partial charge in [0.05, 0.1) is 22.9 Å². The van der Waals surface area contributed by atoms with E-state index in [1.165, 1.54) is 6.07 Å². The molecular formula is C22H18N4O5S. The topological polar surface area (TPSA) is 134 Å². The Hall–Kier alpha value is -4.10. The number of amides is 2. The second-order valence-corrected chi connectivity index (χ2v) is 7.49. The van der Waals surface area contributed by atoms with E-state index < -0.39 is 18.5 Å². The molecule has 2 N–H and O–H groups in total. The Morgan fingerprint density at radius 1 is 1.09 bits per heavy atom. The molecule has 3 rings (SSSR count). The second kappa shape index (κ2) is 10.8. The van der Waals surface area contributed by atoms with E-state index in [9.17, 15) is 14.4 Å². The monoisotopic (exact) mass is 450 g/mol. The number of carbonyl (C=O) groups is 3. The molecule has 2 amide bonds. The Morgan fingerprint density at radius 3 is 2.66 bits per heavy atom. The van der Waals surface area contributed by atoms with E-state index in [0.29, 0.717) is 21.9 Å². The van der Waals surface area contributed by atoms with Crippen LogP contribution >= 0.6 is 11.8 Å². The molecule has 9 nitrogen and oxygen atoms in total. The summed E-state index contributed by atoms with van der Waals surface area (Å²) in [6, 6.07) is 16.7. The van der Waals surface area contributed by atoms with Gasteiger partial charge in [0.15, 0.2) is 12.4 Å². The highest BCUT2D eigenvalue weighted by Gasteiger charge is 2.16. The largest absolute Gasteiger partial charge is 0.452 e. The van der Waals surface area contributed by atoms with Gasteiger partial charge in [0.1, 0.15) is 5.76 Å². The van der Waals surface area contributed by atoms with Crippen LogP contribution in [0.1, 0.15) is 21.7 Å². The lowest BCUT2D eigenvalue weighted by Crippen LogP contribution is -2.21. The van der Waals surface area contributed by atoms with Gasteiger partial charge in [-0.25, -0.2) is 4.79 Å². The van der Waals surface area contributed by atoms with Crippen LogP contribution in [0.5, 0.6) is 0 Å². The molecule has 0 fully saturated rings. The molecule has 0 aliphatic rings. The van der Waals surface area contributed by atoms with E-state index in [0.717, 1.165) is 11.8 Å². The lowest BCUT2D eigenvalue weighted by Gasteiger charge is -2.10. The van der Waals surface area contributed by atoms with Crippen molar-refractivity contribution >= 4 is 41.1 Å². The van der Waals surface area contributed by atoms with Crippen molar-refractivity contribution in [2.75, 3.05) is 23.0 Å². The molecule has 0 atom stereocenters. The first-order chi connectivity index (χ1) is 15.4. The minimum Gasteiger partial charge on any atom is -0.452 e. The number of anilines is 2. The Bertz CT molecular complexity index is 1180. The fourth-order valence-corrected chi connectivity index (χ4v) is 3.42. The maximum absolute atomic E-state index is 12.5. The first-order valence-electron chi connectivity index (χ1n) is 9.37. The molecule has 162 valence electrons. The molecule has 0 aliphatic carbocycles. The number of nitrogens with one attached hydrogen (secondary N) is 2. The number of thioether (sulfide) groups is 1. The number of carbonyl (C=O) groups excluding carboxylic acids is 3. The third kappa shape index (κ3) is 6.45. The van der Waals surface area contributed by atoms with Crippen molar-refractivity contribution < 1.29 is 23.6 Å². The smallest absolute Gasteiger partial charge is 0.339 e. The fraction of sp³-hybridized carbons (Fsp3) is 0.136. The lowest BCUT2D eigenvalue weighted by atomic mass is 10.2. The fourth-order valence-electron chi connectivity index (χ4n) is 2.58. The number of aromatic nitrogens is 1. The third-order valence-electron chi connectivity index (χ3n) is 3.97. The quantitative estimate of drug-likeness (QED) is 0.394. The summed E-state index contributed by atoms with van der Waals surface area (Å²) >= 11 is 1.15. The van der Waals surface area contributed by atoms with Crippen LogP contribution in [0.2, 0.25) is 0 Å². The van der Waals surface area contributed by atoms with Crippen molar-refractivity contribution in [2.45, 2.75) is 11.8 Å². The van der Waals surface area contributed by atoms with Crippen molar-refractivity contribution in [1.82, 2.24) is 5.16 Å². The molecular weight excluding hydrogens is 432 g/mol. The summed E-state index contributed by atoms with van der Waals surface area (Å²) in [5.41, 5.74) is 1.18. The van der Waals surface area contributed by atoms with Gasteiger partial charge in [0.2, 0.25) is 5.91 Å². The second-order valence-electron chi connectivity index (χ2n) is 6.47. The molecule has 10 heteroatoms. The number of esters is 1. The van der Waals surface area contributed by atoms with Crippen LogP contribution in [-0.4, -0.2) is 35.3 Å². The molecule has 0 radical (unpaired) electrons. The van der Waals surface area contributed by atoms with Gasteiger partial charge in [0, 0.05) is 16.6 Å². The lowest BCUT2D eigenvalue weighted by molar-refractivity contribution is -0.119. The molecule has 0 aliphatic heterocycles. The van der Waals surface area contributed by atoms with Crippen LogP contribution in [0.25, 0.3) is 0 Å². The number of benzene rings is 2. The average Bonchev–Trinajstić information content (AvgIpc) is 3.20. The van der Waals surface area contributed by atoms with E-state index in [1.54, 1.807) is 55.5 Å². The van der Waals surface area contributed by atoms with Gasteiger partial charge in [-0.3, -0.25) is 9.59 Å². The molecule has 2 aromatic carbocycles. The first-order valence-corrected chi connectivity index (χ1v) is 10.4. The number of aryl methyl sites for hydroxylation is 1. The zero-order valence-electron chi connectivity index (χ0n) is 17.0. The zero-order valence-corrected chi connectivity index (χ0v) is 17.8. The highest BCUT2D eigenvalue weighted by atomic mass is 32.2. The van der Waals surface area contributed by atoms with Crippen LogP contribution in [0, 0.1) is 18.3 Å². The predicted molar refractivity (Wildman–Crippen MR) is 117 cm³/mol. The maximum atomic E-state index is 12.5. The van der Waals surface area contributed by atoms with E-state index in [2.05, 4.69) is 15.8 Å². The summed E-state index contributed by atoms with van der Waals surface area (Å²) in [7, 11) is 0. The Kier molecular flexibility index (Phi) is 7.61. The normalized spacial score (nSPS) is 10.1. The zero-order chi connectivity index (χ0) is 22.9. The van der Waals surface area contributed by atoms with Crippen molar-refractivity contribution in [2.24, 2.45) is 0 Å². The van der Waals surface area contributed by atoms with Crippen LogP contribution in [0.3, 0.4) is 0 Å². The van der Waals surface area contributed by atoms with Crippen molar-refractivity contribution in [3.05, 3.63) is 71.5 Å². The molecule has 0 saturated heterocycles. The number of nitrogens with zero attached hydrogens (tertiary/aromatic N) is 2. The van der Waals surface area contributed by atoms with Crippen LogP contribution in [0.15, 0.2) is 64.0 Å².